The standard InChI is InChI=1S/C18H24ClN3O3/c1-2-4-16(24)20-11-5-6-12(19)13(9-11)21-17(25)22-14-10-15(23)18(14)7-3-8-18/h5-6,9,14-15,23H,2-4,7-8,10H2,1H3,(H,20,24)(H2,21,22,25). The van der Waals surface area contributed by atoms with Crippen LogP contribution in [0.4, 0.5) is 16.2 Å². The molecular formula is C18H24ClN3O3. The Kier molecular flexibility index (Phi) is 5.20. The van der Waals surface area contributed by atoms with Crippen LogP contribution in [0.5, 0.6) is 0 Å². The summed E-state index contributed by atoms with van der Waals surface area (Å²) in [6, 6.07) is 4.64. The zero-order chi connectivity index (χ0) is 18.0. The van der Waals surface area contributed by atoms with Crippen LogP contribution in [-0.4, -0.2) is 29.2 Å². The fraction of sp³-hybridized carbons (Fsp3) is 0.556. The Bertz CT molecular complexity index is 676. The Morgan fingerprint density at radius 3 is 2.68 bits per heavy atom. The molecule has 2 aliphatic carbocycles. The third-order valence-electron chi connectivity index (χ3n) is 5.38. The highest BCUT2D eigenvalue weighted by molar-refractivity contribution is 6.33. The van der Waals surface area contributed by atoms with Gasteiger partial charge in [-0.1, -0.05) is 24.9 Å². The topological polar surface area (TPSA) is 90.5 Å². The van der Waals surface area contributed by atoms with Gasteiger partial charge in [0.2, 0.25) is 5.91 Å². The average molecular weight is 366 g/mol. The second-order valence-corrected chi connectivity index (χ2v) is 7.39. The van der Waals surface area contributed by atoms with Gasteiger partial charge in [0.1, 0.15) is 0 Å². The highest BCUT2D eigenvalue weighted by Crippen LogP contribution is 2.55. The van der Waals surface area contributed by atoms with Crippen molar-refractivity contribution >= 4 is 34.9 Å². The maximum Gasteiger partial charge on any atom is 0.319 e. The Labute approximate surface area is 152 Å². The van der Waals surface area contributed by atoms with Crippen molar-refractivity contribution in [3.8, 4) is 0 Å². The van der Waals surface area contributed by atoms with Crippen LogP contribution in [0.3, 0.4) is 0 Å². The van der Waals surface area contributed by atoms with Crippen molar-refractivity contribution in [2.45, 2.75) is 57.6 Å². The first kappa shape index (κ1) is 18.0. The molecule has 2 atom stereocenters. The molecule has 2 unspecified atom stereocenters. The first-order valence-corrected chi connectivity index (χ1v) is 9.17. The van der Waals surface area contributed by atoms with Gasteiger partial charge >= 0.3 is 6.03 Å². The molecule has 25 heavy (non-hydrogen) atoms. The lowest BCUT2D eigenvalue weighted by atomic mass is 9.51. The van der Waals surface area contributed by atoms with E-state index in [1.165, 1.54) is 0 Å². The number of anilines is 2. The van der Waals surface area contributed by atoms with E-state index in [9.17, 15) is 14.7 Å². The summed E-state index contributed by atoms with van der Waals surface area (Å²) >= 11 is 6.14. The van der Waals surface area contributed by atoms with Gasteiger partial charge in [0.25, 0.3) is 0 Å². The van der Waals surface area contributed by atoms with Crippen LogP contribution in [-0.2, 0) is 4.79 Å². The predicted molar refractivity (Wildman–Crippen MR) is 97.8 cm³/mol. The van der Waals surface area contributed by atoms with Gasteiger partial charge in [-0.25, -0.2) is 4.79 Å². The van der Waals surface area contributed by atoms with E-state index >= 15 is 0 Å². The van der Waals surface area contributed by atoms with Crippen LogP contribution in [0, 0.1) is 5.41 Å². The molecule has 3 amide bonds. The van der Waals surface area contributed by atoms with Crippen LogP contribution >= 0.6 is 11.6 Å². The monoisotopic (exact) mass is 365 g/mol. The number of carbonyl (C=O) groups excluding carboxylic acids is 2. The summed E-state index contributed by atoms with van der Waals surface area (Å²) < 4.78 is 0. The first-order chi connectivity index (χ1) is 11.9. The molecule has 2 fully saturated rings. The minimum atomic E-state index is -0.345. The molecule has 7 heteroatoms. The van der Waals surface area contributed by atoms with Gasteiger partial charge in [-0.3, -0.25) is 4.79 Å². The number of halogens is 1. The van der Waals surface area contributed by atoms with Crippen molar-refractivity contribution in [1.29, 1.82) is 0 Å². The Balaban J connectivity index is 1.60. The van der Waals surface area contributed by atoms with E-state index in [1.54, 1.807) is 18.2 Å². The molecule has 0 aromatic heterocycles. The third kappa shape index (κ3) is 3.60. The summed E-state index contributed by atoms with van der Waals surface area (Å²) in [5.41, 5.74) is 0.903. The molecule has 0 heterocycles. The van der Waals surface area contributed by atoms with Crippen molar-refractivity contribution in [2.24, 2.45) is 5.41 Å². The molecular weight excluding hydrogens is 342 g/mol. The number of carbonyl (C=O) groups is 2. The summed E-state index contributed by atoms with van der Waals surface area (Å²) in [6.07, 6.45) is 4.50. The van der Waals surface area contributed by atoms with Crippen molar-refractivity contribution in [3.05, 3.63) is 23.2 Å². The van der Waals surface area contributed by atoms with E-state index in [1.807, 2.05) is 6.92 Å². The highest BCUT2D eigenvalue weighted by Gasteiger charge is 2.58. The second kappa shape index (κ2) is 7.22. The molecule has 4 N–H and O–H groups in total. The maximum atomic E-state index is 12.3. The van der Waals surface area contributed by atoms with Crippen LogP contribution in [0.15, 0.2) is 18.2 Å². The number of aliphatic hydroxyl groups is 1. The van der Waals surface area contributed by atoms with Crippen molar-refractivity contribution in [2.75, 3.05) is 10.6 Å². The minimum absolute atomic E-state index is 0.00228. The number of hydrogen-bond acceptors (Lipinski definition) is 3. The molecule has 1 aromatic rings. The molecule has 1 spiro atoms. The van der Waals surface area contributed by atoms with Crippen LogP contribution < -0.4 is 16.0 Å². The predicted octanol–water partition coefficient (Wildman–Crippen LogP) is 3.50. The van der Waals surface area contributed by atoms with Crippen LogP contribution in [0.1, 0.15) is 45.4 Å². The fourth-order valence-electron chi connectivity index (χ4n) is 3.70. The first-order valence-electron chi connectivity index (χ1n) is 8.79. The number of amides is 3. The highest BCUT2D eigenvalue weighted by atomic mass is 35.5. The van der Waals surface area contributed by atoms with Gasteiger partial charge < -0.3 is 21.1 Å². The quantitative estimate of drug-likeness (QED) is 0.643. The fourth-order valence-corrected chi connectivity index (χ4v) is 3.86. The zero-order valence-electron chi connectivity index (χ0n) is 14.3. The van der Waals surface area contributed by atoms with E-state index in [-0.39, 0.29) is 29.5 Å². The van der Waals surface area contributed by atoms with Crippen LogP contribution in [0.2, 0.25) is 5.02 Å². The molecule has 0 aliphatic heterocycles. The molecule has 6 nitrogen and oxygen atoms in total. The lowest BCUT2D eigenvalue weighted by Crippen LogP contribution is -2.67. The molecule has 0 radical (unpaired) electrons. The smallest absolute Gasteiger partial charge is 0.319 e. The molecule has 136 valence electrons. The Morgan fingerprint density at radius 2 is 2.08 bits per heavy atom. The third-order valence-corrected chi connectivity index (χ3v) is 5.71. The lowest BCUT2D eigenvalue weighted by Gasteiger charge is -2.59. The molecule has 3 rings (SSSR count). The normalized spacial score (nSPS) is 23.3. The molecule has 0 saturated heterocycles. The van der Waals surface area contributed by atoms with Gasteiger partial charge in [0.05, 0.1) is 16.8 Å². The van der Waals surface area contributed by atoms with Gasteiger partial charge in [0, 0.05) is 23.6 Å². The largest absolute Gasteiger partial charge is 0.392 e. The van der Waals surface area contributed by atoms with Crippen molar-refractivity contribution in [1.82, 2.24) is 5.32 Å². The van der Waals surface area contributed by atoms with Gasteiger partial charge in [-0.05, 0) is 43.9 Å². The number of urea groups is 1. The Morgan fingerprint density at radius 1 is 1.32 bits per heavy atom. The summed E-state index contributed by atoms with van der Waals surface area (Å²) in [7, 11) is 0. The number of rotatable bonds is 5. The van der Waals surface area contributed by atoms with E-state index in [4.69, 9.17) is 11.6 Å². The molecule has 1 aromatic carbocycles. The van der Waals surface area contributed by atoms with Gasteiger partial charge in [-0.2, -0.15) is 0 Å². The summed E-state index contributed by atoms with van der Waals surface area (Å²) in [6.45, 7) is 1.94. The maximum absolute atomic E-state index is 12.3. The number of hydrogen-bond donors (Lipinski definition) is 4. The summed E-state index contributed by atoms with van der Waals surface area (Å²) in [4.78, 5) is 24.0. The molecule has 2 aliphatic rings. The molecule has 0 bridgehead atoms. The second-order valence-electron chi connectivity index (χ2n) is 6.98. The summed E-state index contributed by atoms with van der Waals surface area (Å²) in [5.74, 6) is -0.0735. The van der Waals surface area contributed by atoms with E-state index < -0.39 is 0 Å². The number of benzene rings is 1. The van der Waals surface area contributed by atoms with Crippen molar-refractivity contribution < 1.29 is 14.7 Å². The lowest BCUT2D eigenvalue weighted by molar-refractivity contribution is -0.140. The average Bonchev–Trinajstić information content (AvgIpc) is 2.48. The van der Waals surface area contributed by atoms with Gasteiger partial charge in [-0.15, -0.1) is 0 Å². The van der Waals surface area contributed by atoms with E-state index in [0.717, 1.165) is 25.7 Å². The zero-order valence-corrected chi connectivity index (χ0v) is 15.0. The Hall–Kier alpha value is -1.79. The van der Waals surface area contributed by atoms with Crippen LogP contribution in [0.25, 0.3) is 0 Å². The summed E-state index contributed by atoms with van der Waals surface area (Å²) in [5, 5.41) is 18.8. The number of aliphatic hydroxyl groups excluding tert-OH is 1. The van der Waals surface area contributed by atoms with Crippen molar-refractivity contribution in [3.63, 3.8) is 0 Å². The minimum Gasteiger partial charge on any atom is -0.392 e. The molecule has 2 saturated carbocycles. The van der Waals surface area contributed by atoms with E-state index in [2.05, 4.69) is 16.0 Å². The van der Waals surface area contributed by atoms with Gasteiger partial charge in [0.15, 0.2) is 0 Å². The number of nitrogens with one attached hydrogen (secondary N) is 3. The van der Waals surface area contributed by atoms with E-state index in [0.29, 0.717) is 29.2 Å². The SMILES string of the molecule is CCCC(=O)Nc1ccc(Cl)c(NC(=O)NC2CC(O)C23CCC3)c1.